The minimum absolute atomic E-state index is 0.211. The van der Waals surface area contributed by atoms with E-state index in [-0.39, 0.29) is 11.9 Å². The van der Waals surface area contributed by atoms with Crippen LogP contribution in [0.15, 0.2) is 35.5 Å². The van der Waals surface area contributed by atoms with E-state index in [1.54, 1.807) is 13.0 Å². The molecule has 2 aliphatic heterocycles. The predicted octanol–water partition coefficient (Wildman–Crippen LogP) is 2.14. The molecule has 0 aromatic heterocycles. The average Bonchev–Trinajstić information content (AvgIpc) is 2.79. The number of urea groups is 1. The largest absolute Gasteiger partial charge is 0.494 e. The summed E-state index contributed by atoms with van der Waals surface area (Å²) >= 11 is 0. The molecule has 32 heavy (non-hydrogen) atoms. The van der Waals surface area contributed by atoms with Crippen LogP contribution in [0, 0.1) is 5.92 Å². The normalized spacial score (nSPS) is 21.4. The Morgan fingerprint density at radius 3 is 2.69 bits per heavy atom. The SMILES string of the molecule is CCOC(=O)[C@H]1CCCN(CC2=C(C(=O)OC)[C@H](c3ccccc3OCC)NC(=O)N2)C1. The summed E-state index contributed by atoms with van der Waals surface area (Å²) in [4.78, 5) is 39.6. The molecule has 9 nitrogen and oxygen atoms in total. The van der Waals surface area contributed by atoms with Gasteiger partial charge in [0.05, 0.1) is 37.9 Å². The van der Waals surface area contributed by atoms with Crippen molar-refractivity contribution in [2.45, 2.75) is 32.7 Å². The van der Waals surface area contributed by atoms with Gasteiger partial charge < -0.3 is 24.8 Å². The van der Waals surface area contributed by atoms with Gasteiger partial charge in [-0.05, 0) is 39.3 Å². The van der Waals surface area contributed by atoms with E-state index >= 15 is 0 Å². The fourth-order valence-electron chi connectivity index (χ4n) is 4.21. The number of piperidine rings is 1. The van der Waals surface area contributed by atoms with Crippen LogP contribution in [-0.4, -0.2) is 62.8 Å². The van der Waals surface area contributed by atoms with Gasteiger partial charge >= 0.3 is 18.0 Å². The average molecular weight is 446 g/mol. The first-order valence-electron chi connectivity index (χ1n) is 11.0. The lowest BCUT2D eigenvalue weighted by Gasteiger charge is -2.35. The molecular weight excluding hydrogens is 414 g/mol. The number of hydrogen-bond donors (Lipinski definition) is 2. The number of hydrogen-bond acceptors (Lipinski definition) is 7. The quantitative estimate of drug-likeness (QED) is 0.591. The fourth-order valence-corrected chi connectivity index (χ4v) is 4.21. The Morgan fingerprint density at radius 1 is 1.19 bits per heavy atom. The van der Waals surface area contributed by atoms with Crippen LogP contribution in [0.4, 0.5) is 4.79 Å². The molecule has 1 aromatic carbocycles. The molecular formula is C23H31N3O6. The van der Waals surface area contributed by atoms with Crippen LogP contribution in [0.25, 0.3) is 0 Å². The van der Waals surface area contributed by atoms with Crippen LogP contribution < -0.4 is 15.4 Å². The van der Waals surface area contributed by atoms with Gasteiger partial charge in [0.2, 0.25) is 0 Å². The van der Waals surface area contributed by atoms with Crippen LogP contribution in [0.5, 0.6) is 5.75 Å². The summed E-state index contributed by atoms with van der Waals surface area (Å²) in [6.07, 6.45) is 1.59. The molecule has 0 radical (unpaired) electrons. The lowest BCUT2D eigenvalue weighted by atomic mass is 9.93. The molecule has 2 aliphatic rings. The van der Waals surface area contributed by atoms with Crippen molar-refractivity contribution in [2.24, 2.45) is 5.92 Å². The molecule has 1 aromatic rings. The molecule has 2 atom stereocenters. The molecule has 9 heteroatoms. The van der Waals surface area contributed by atoms with E-state index in [4.69, 9.17) is 14.2 Å². The van der Waals surface area contributed by atoms with Crippen molar-refractivity contribution in [3.05, 3.63) is 41.1 Å². The van der Waals surface area contributed by atoms with Crippen LogP contribution in [0.3, 0.4) is 0 Å². The van der Waals surface area contributed by atoms with Crippen molar-refractivity contribution in [3.63, 3.8) is 0 Å². The zero-order valence-corrected chi connectivity index (χ0v) is 18.8. The van der Waals surface area contributed by atoms with Gasteiger partial charge in [-0.1, -0.05) is 18.2 Å². The molecule has 0 spiro atoms. The summed E-state index contributed by atoms with van der Waals surface area (Å²) in [5.74, 6) is -0.388. The maximum atomic E-state index is 12.8. The highest BCUT2D eigenvalue weighted by molar-refractivity contribution is 5.95. The number of carbonyl (C=O) groups excluding carboxylic acids is 3. The summed E-state index contributed by atoms with van der Waals surface area (Å²) in [6, 6.07) is 6.15. The molecule has 1 saturated heterocycles. The molecule has 0 unspecified atom stereocenters. The topological polar surface area (TPSA) is 106 Å². The summed E-state index contributed by atoms with van der Waals surface area (Å²) < 4.78 is 16.0. The molecule has 2 heterocycles. The van der Waals surface area contributed by atoms with Gasteiger partial charge in [0.1, 0.15) is 5.75 Å². The number of para-hydroxylation sites is 1. The second-order valence-corrected chi connectivity index (χ2v) is 7.71. The van der Waals surface area contributed by atoms with Crippen LogP contribution in [0.1, 0.15) is 38.3 Å². The predicted molar refractivity (Wildman–Crippen MR) is 117 cm³/mol. The number of rotatable bonds is 8. The number of likely N-dealkylation sites (tertiary alicyclic amines) is 1. The number of carbonyl (C=O) groups is 3. The Hall–Kier alpha value is -3.07. The third-order valence-electron chi connectivity index (χ3n) is 5.60. The number of nitrogens with zero attached hydrogens (tertiary/aromatic N) is 1. The van der Waals surface area contributed by atoms with Gasteiger partial charge in [-0.3, -0.25) is 9.69 Å². The van der Waals surface area contributed by atoms with Crippen LogP contribution in [0.2, 0.25) is 0 Å². The molecule has 174 valence electrons. The Labute approximate surface area is 188 Å². The van der Waals surface area contributed by atoms with Gasteiger partial charge in [0, 0.05) is 24.4 Å². The smallest absolute Gasteiger partial charge is 0.338 e. The Kier molecular flexibility index (Phi) is 8.10. The van der Waals surface area contributed by atoms with Gasteiger partial charge in [-0.2, -0.15) is 0 Å². The molecule has 0 bridgehead atoms. The highest BCUT2D eigenvalue weighted by Gasteiger charge is 2.36. The Morgan fingerprint density at radius 2 is 1.97 bits per heavy atom. The van der Waals surface area contributed by atoms with Crippen molar-refractivity contribution in [2.75, 3.05) is 40.0 Å². The van der Waals surface area contributed by atoms with Crippen molar-refractivity contribution in [1.82, 2.24) is 15.5 Å². The van der Waals surface area contributed by atoms with E-state index in [0.29, 0.717) is 48.9 Å². The van der Waals surface area contributed by atoms with E-state index in [1.807, 2.05) is 25.1 Å². The van der Waals surface area contributed by atoms with Crippen molar-refractivity contribution < 1.29 is 28.6 Å². The monoisotopic (exact) mass is 445 g/mol. The van der Waals surface area contributed by atoms with E-state index < -0.39 is 18.0 Å². The summed E-state index contributed by atoms with van der Waals surface area (Å²) in [6.45, 7) is 6.00. The number of benzene rings is 1. The van der Waals surface area contributed by atoms with E-state index in [9.17, 15) is 14.4 Å². The van der Waals surface area contributed by atoms with Crippen LogP contribution >= 0.6 is 0 Å². The highest BCUT2D eigenvalue weighted by atomic mass is 16.5. The van der Waals surface area contributed by atoms with Gasteiger partial charge in [0.25, 0.3) is 0 Å². The van der Waals surface area contributed by atoms with Gasteiger partial charge in [-0.25, -0.2) is 9.59 Å². The zero-order valence-electron chi connectivity index (χ0n) is 18.8. The zero-order chi connectivity index (χ0) is 23.1. The molecule has 3 rings (SSSR count). The number of esters is 2. The van der Waals surface area contributed by atoms with E-state index in [2.05, 4.69) is 15.5 Å². The van der Waals surface area contributed by atoms with E-state index in [0.717, 1.165) is 19.4 Å². The fraction of sp³-hybridized carbons (Fsp3) is 0.522. The first-order valence-corrected chi connectivity index (χ1v) is 11.0. The minimum Gasteiger partial charge on any atom is -0.494 e. The number of ether oxygens (including phenoxy) is 3. The second kappa shape index (κ2) is 11.0. The summed E-state index contributed by atoms with van der Waals surface area (Å²) in [7, 11) is 1.31. The maximum absolute atomic E-state index is 12.8. The van der Waals surface area contributed by atoms with Crippen molar-refractivity contribution in [1.29, 1.82) is 0 Å². The van der Waals surface area contributed by atoms with E-state index in [1.165, 1.54) is 7.11 Å². The molecule has 0 aliphatic carbocycles. The van der Waals surface area contributed by atoms with Gasteiger partial charge in [-0.15, -0.1) is 0 Å². The summed E-state index contributed by atoms with van der Waals surface area (Å²) in [5, 5.41) is 5.61. The van der Waals surface area contributed by atoms with Crippen molar-refractivity contribution in [3.8, 4) is 5.75 Å². The van der Waals surface area contributed by atoms with Gasteiger partial charge in [0.15, 0.2) is 0 Å². The number of amides is 2. The number of methoxy groups -OCH3 is 1. The first kappa shape index (κ1) is 23.6. The molecule has 0 saturated carbocycles. The lowest BCUT2D eigenvalue weighted by molar-refractivity contribution is -0.150. The third-order valence-corrected chi connectivity index (χ3v) is 5.60. The second-order valence-electron chi connectivity index (χ2n) is 7.71. The standard InChI is InChI=1S/C23H31N3O6/c1-4-31-18-11-7-6-10-16(18)20-19(22(28)30-3)17(24-23(29)25-20)14-26-12-8-9-15(13-26)21(27)32-5-2/h6-7,10-11,15,20H,4-5,8-9,12-14H2,1-3H3,(H2,24,25,29)/t15-,20-/m0/s1. The molecule has 2 amide bonds. The minimum atomic E-state index is -0.723. The summed E-state index contributed by atoms with van der Waals surface area (Å²) in [5.41, 5.74) is 1.45. The maximum Gasteiger partial charge on any atom is 0.338 e. The third kappa shape index (κ3) is 5.40. The Balaban J connectivity index is 1.93. The first-order chi connectivity index (χ1) is 15.5. The molecule has 2 N–H and O–H groups in total. The highest BCUT2D eigenvalue weighted by Crippen LogP contribution is 2.34. The molecule has 1 fully saturated rings. The Bertz CT molecular complexity index is 884. The lowest BCUT2D eigenvalue weighted by Crippen LogP contribution is -2.50. The van der Waals surface area contributed by atoms with Crippen molar-refractivity contribution >= 4 is 18.0 Å². The van der Waals surface area contributed by atoms with Crippen LogP contribution in [-0.2, 0) is 19.1 Å². The number of nitrogens with one attached hydrogen (secondary N) is 2.